The fourth-order valence-electron chi connectivity index (χ4n) is 4.01. The summed E-state index contributed by atoms with van der Waals surface area (Å²) in [4.78, 5) is 17.6. The molecule has 0 saturated carbocycles. The van der Waals surface area contributed by atoms with E-state index in [2.05, 4.69) is 20.3 Å². The second-order valence-electron chi connectivity index (χ2n) is 7.43. The van der Waals surface area contributed by atoms with Crippen LogP contribution >= 0.6 is 0 Å². The molecule has 0 aliphatic carbocycles. The highest BCUT2D eigenvalue weighted by Crippen LogP contribution is 2.34. The van der Waals surface area contributed by atoms with Crippen molar-refractivity contribution in [2.24, 2.45) is 0 Å². The highest BCUT2D eigenvalue weighted by atomic mass is 16.5. The lowest BCUT2D eigenvalue weighted by Crippen LogP contribution is -2.40. The molecule has 0 atom stereocenters. The number of hydrogen-bond donors (Lipinski definition) is 1. The maximum absolute atomic E-state index is 13.7. The molecular weight excluding hydrogens is 370 g/mol. The smallest absolute Gasteiger partial charge is 0.262 e. The van der Waals surface area contributed by atoms with Gasteiger partial charge in [-0.25, -0.2) is 0 Å². The Hall–Kier alpha value is -3.13. The van der Waals surface area contributed by atoms with E-state index in [0.29, 0.717) is 56.5 Å². The number of fused-ring (bicyclic) bond motifs is 1. The van der Waals surface area contributed by atoms with E-state index >= 15 is 0 Å². The number of anilines is 1. The second kappa shape index (κ2) is 7.36. The maximum Gasteiger partial charge on any atom is 0.262 e. The molecule has 0 unspecified atom stereocenters. The number of ether oxygens (including phenoxy) is 1. The summed E-state index contributed by atoms with van der Waals surface area (Å²) in [6.45, 7) is 5.76. The highest BCUT2D eigenvalue weighted by molar-refractivity contribution is 6.04. The molecule has 2 aliphatic rings. The van der Waals surface area contributed by atoms with E-state index in [-0.39, 0.29) is 5.91 Å². The second-order valence-corrected chi connectivity index (χ2v) is 7.43. The average molecular weight is 393 g/mol. The molecule has 0 radical (unpaired) electrons. The van der Waals surface area contributed by atoms with Crippen molar-refractivity contribution < 1.29 is 14.1 Å². The van der Waals surface area contributed by atoms with E-state index in [1.54, 1.807) is 0 Å². The third kappa shape index (κ3) is 3.19. The number of nitrogens with one attached hydrogen (secondary N) is 1. The first kappa shape index (κ1) is 17.9. The molecule has 8 heteroatoms. The van der Waals surface area contributed by atoms with Gasteiger partial charge >= 0.3 is 0 Å². The van der Waals surface area contributed by atoms with Gasteiger partial charge in [-0.2, -0.15) is 5.10 Å². The first-order chi connectivity index (χ1) is 14.2. The molecule has 1 aromatic carbocycles. The lowest BCUT2D eigenvalue weighted by atomic mass is 10.0. The number of nitrogens with zero attached hydrogens (tertiary/aromatic N) is 4. The zero-order chi connectivity index (χ0) is 19.8. The van der Waals surface area contributed by atoms with Crippen molar-refractivity contribution in [1.29, 1.82) is 0 Å². The lowest BCUT2D eigenvalue weighted by Gasteiger charge is -2.30. The summed E-state index contributed by atoms with van der Waals surface area (Å²) in [6, 6.07) is 9.69. The molecule has 150 valence electrons. The minimum absolute atomic E-state index is 0.0576. The van der Waals surface area contributed by atoms with E-state index in [4.69, 9.17) is 9.26 Å². The van der Waals surface area contributed by atoms with Gasteiger partial charge < -0.3 is 19.1 Å². The number of morpholine rings is 1. The van der Waals surface area contributed by atoms with Crippen LogP contribution in [-0.2, 0) is 17.7 Å². The Bertz CT molecular complexity index is 1020. The van der Waals surface area contributed by atoms with Gasteiger partial charge in [-0.05, 0) is 6.92 Å². The zero-order valence-electron chi connectivity index (χ0n) is 16.4. The molecule has 1 fully saturated rings. The van der Waals surface area contributed by atoms with Crippen molar-refractivity contribution in [3.63, 3.8) is 0 Å². The van der Waals surface area contributed by atoms with Crippen LogP contribution in [0.2, 0.25) is 0 Å². The summed E-state index contributed by atoms with van der Waals surface area (Å²) in [5.41, 5.74) is 4.55. The Kier molecular flexibility index (Phi) is 4.55. The molecule has 29 heavy (non-hydrogen) atoms. The molecule has 0 bridgehead atoms. The Labute approximate surface area is 168 Å². The normalized spacial score (nSPS) is 16.7. The number of aromatic amines is 1. The van der Waals surface area contributed by atoms with Crippen LogP contribution in [0.25, 0.3) is 11.3 Å². The minimum Gasteiger partial charge on any atom is -0.378 e. The fourth-order valence-corrected chi connectivity index (χ4v) is 4.01. The van der Waals surface area contributed by atoms with Crippen LogP contribution in [0.15, 0.2) is 34.9 Å². The largest absolute Gasteiger partial charge is 0.378 e. The van der Waals surface area contributed by atoms with Crippen LogP contribution in [0.3, 0.4) is 0 Å². The van der Waals surface area contributed by atoms with Gasteiger partial charge in [0, 0.05) is 49.4 Å². The van der Waals surface area contributed by atoms with Crippen LogP contribution in [0.4, 0.5) is 5.82 Å². The van der Waals surface area contributed by atoms with E-state index in [0.717, 1.165) is 28.9 Å². The minimum atomic E-state index is -0.0576. The van der Waals surface area contributed by atoms with Crippen molar-refractivity contribution in [3.8, 4) is 11.3 Å². The number of H-pyrrole nitrogens is 1. The molecule has 1 amide bonds. The molecule has 0 spiro atoms. The van der Waals surface area contributed by atoms with Gasteiger partial charge in [0.1, 0.15) is 5.56 Å². The number of carbonyl (C=O) groups is 1. The number of rotatable bonds is 3. The molecular formula is C21H23N5O3. The Morgan fingerprint density at radius 3 is 2.72 bits per heavy atom. The molecule has 2 aliphatic heterocycles. The molecule has 1 saturated heterocycles. The average Bonchev–Trinajstić information content (AvgIpc) is 3.38. The van der Waals surface area contributed by atoms with Gasteiger partial charge in [0.05, 0.1) is 18.9 Å². The Morgan fingerprint density at radius 2 is 1.93 bits per heavy atom. The van der Waals surface area contributed by atoms with Crippen molar-refractivity contribution in [2.75, 3.05) is 37.7 Å². The Morgan fingerprint density at radius 1 is 1.14 bits per heavy atom. The van der Waals surface area contributed by atoms with E-state index in [1.807, 2.05) is 42.2 Å². The van der Waals surface area contributed by atoms with E-state index in [1.165, 1.54) is 0 Å². The SMILES string of the molecule is Cc1[nH]nc2c1CN(C(=O)c1c(N3CCOCC3)noc1-c1ccccc1)CC2. The fraction of sp³-hybridized carbons (Fsp3) is 0.381. The van der Waals surface area contributed by atoms with Gasteiger partial charge in [-0.3, -0.25) is 9.89 Å². The molecule has 4 heterocycles. The number of carbonyl (C=O) groups excluding carboxylic acids is 1. The molecule has 1 N–H and O–H groups in total. The quantitative estimate of drug-likeness (QED) is 0.735. The zero-order valence-corrected chi connectivity index (χ0v) is 16.4. The van der Waals surface area contributed by atoms with Crippen molar-refractivity contribution >= 4 is 11.7 Å². The summed E-state index contributed by atoms with van der Waals surface area (Å²) >= 11 is 0. The lowest BCUT2D eigenvalue weighted by molar-refractivity contribution is 0.0734. The van der Waals surface area contributed by atoms with E-state index < -0.39 is 0 Å². The number of amides is 1. The molecule has 2 aromatic heterocycles. The van der Waals surface area contributed by atoms with Gasteiger partial charge in [-0.15, -0.1) is 0 Å². The van der Waals surface area contributed by atoms with Gasteiger partial charge in [0.25, 0.3) is 5.91 Å². The molecule has 8 nitrogen and oxygen atoms in total. The van der Waals surface area contributed by atoms with Crippen molar-refractivity contribution in [3.05, 3.63) is 52.8 Å². The third-order valence-corrected chi connectivity index (χ3v) is 5.65. The molecule has 5 rings (SSSR count). The van der Waals surface area contributed by atoms with Gasteiger partial charge in [0.15, 0.2) is 11.6 Å². The Balaban J connectivity index is 1.54. The van der Waals surface area contributed by atoms with Crippen molar-refractivity contribution in [2.45, 2.75) is 19.9 Å². The van der Waals surface area contributed by atoms with Crippen LogP contribution < -0.4 is 4.90 Å². The number of hydrogen-bond acceptors (Lipinski definition) is 6. The predicted octanol–water partition coefficient (Wildman–Crippen LogP) is 2.41. The number of aromatic nitrogens is 3. The van der Waals surface area contributed by atoms with Gasteiger partial charge in [-0.1, -0.05) is 35.5 Å². The highest BCUT2D eigenvalue weighted by Gasteiger charge is 2.33. The topological polar surface area (TPSA) is 87.5 Å². The van der Waals surface area contributed by atoms with Crippen molar-refractivity contribution in [1.82, 2.24) is 20.3 Å². The maximum atomic E-state index is 13.7. The summed E-state index contributed by atoms with van der Waals surface area (Å²) in [5, 5.41) is 11.7. The monoisotopic (exact) mass is 393 g/mol. The third-order valence-electron chi connectivity index (χ3n) is 5.65. The molecule has 3 aromatic rings. The first-order valence-corrected chi connectivity index (χ1v) is 9.92. The van der Waals surface area contributed by atoms with Gasteiger partial charge in [0.2, 0.25) is 0 Å². The van der Waals surface area contributed by atoms with Crippen LogP contribution in [0, 0.1) is 6.92 Å². The van der Waals surface area contributed by atoms with E-state index in [9.17, 15) is 4.79 Å². The number of aryl methyl sites for hydroxylation is 1. The summed E-state index contributed by atoms with van der Waals surface area (Å²) in [6.07, 6.45) is 0.740. The summed E-state index contributed by atoms with van der Waals surface area (Å²) < 4.78 is 11.2. The standard InChI is InChI=1S/C21H23N5O3/c1-14-16-13-26(8-7-17(16)23-22-14)21(27)18-19(15-5-3-2-4-6-15)29-24-20(18)25-9-11-28-12-10-25/h2-6H,7-13H2,1H3,(H,22,23). The number of benzene rings is 1. The van der Waals surface area contributed by atoms with Crippen LogP contribution in [0.5, 0.6) is 0 Å². The van der Waals surface area contributed by atoms with Crippen LogP contribution in [-0.4, -0.2) is 59.0 Å². The first-order valence-electron chi connectivity index (χ1n) is 9.92. The predicted molar refractivity (Wildman–Crippen MR) is 107 cm³/mol. The van der Waals surface area contributed by atoms with Crippen LogP contribution in [0.1, 0.15) is 27.3 Å². The summed E-state index contributed by atoms with van der Waals surface area (Å²) in [7, 11) is 0. The summed E-state index contributed by atoms with van der Waals surface area (Å²) in [5.74, 6) is 1.07.